The van der Waals surface area contributed by atoms with Crippen molar-refractivity contribution in [3.8, 4) is 0 Å². The summed E-state index contributed by atoms with van der Waals surface area (Å²) in [5, 5.41) is 2.89. The van der Waals surface area contributed by atoms with Crippen molar-refractivity contribution >= 4 is 11.8 Å². The van der Waals surface area contributed by atoms with E-state index in [1.165, 1.54) is 0 Å². The molecule has 1 fully saturated rings. The Balaban J connectivity index is 2.58. The van der Waals surface area contributed by atoms with Gasteiger partial charge in [-0.1, -0.05) is 20.8 Å². The first-order valence-corrected chi connectivity index (χ1v) is 6.81. The van der Waals surface area contributed by atoms with Crippen LogP contribution in [0.25, 0.3) is 0 Å². The maximum atomic E-state index is 12.1. The van der Waals surface area contributed by atoms with Gasteiger partial charge in [-0.15, -0.1) is 0 Å². The van der Waals surface area contributed by atoms with Crippen molar-refractivity contribution in [3.05, 3.63) is 0 Å². The summed E-state index contributed by atoms with van der Waals surface area (Å²) in [6, 6.07) is -0.808. The fourth-order valence-corrected chi connectivity index (χ4v) is 2.11. The molecule has 18 heavy (non-hydrogen) atoms. The second kappa shape index (κ2) is 6.73. The van der Waals surface area contributed by atoms with Gasteiger partial charge in [-0.05, 0) is 25.2 Å². The Kier molecular flexibility index (Phi) is 5.59. The number of hydrogen-bond donors (Lipinski definition) is 2. The molecule has 0 radical (unpaired) electrons. The quantitative estimate of drug-likeness (QED) is 0.750. The maximum Gasteiger partial charge on any atom is 0.242 e. The van der Waals surface area contributed by atoms with Crippen molar-refractivity contribution in [1.29, 1.82) is 0 Å². The monoisotopic (exact) mass is 255 g/mol. The van der Waals surface area contributed by atoms with Crippen molar-refractivity contribution < 1.29 is 9.59 Å². The Morgan fingerprint density at radius 1 is 1.44 bits per heavy atom. The molecule has 5 heteroatoms. The van der Waals surface area contributed by atoms with Crippen LogP contribution < -0.4 is 11.1 Å². The predicted octanol–water partition coefficient (Wildman–Crippen LogP) is 0.487. The first-order chi connectivity index (χ1) is 8.47. The van der Waals surface area contributed by atoms with E-state index in [0.29, 0.717) is 25.4 Å². The van der Waals surface area contributed by atoms with Gasteiger partial charge in [-0.3, -0.25) is 9.59 Å². The summed E-state index contributed by atoms with van der Waals surface area (Å²) < 4.78 is 0. The van der Waals surface area contributed by atoms with Gasteiger partial charge >= 0.3 is 0 Å². The maximum absolute atomic E-state index is 12.1. The number of nitrogens with one attached hydrogen (secondary N) is 1. The molecule has 3 N–H and O–H groups in total. The average molecular weight is 255 g/mol. The topological polar surface area (TPSA) is 75.4 Å². The SMILES string of the molecule is CCC(N)C(=O)N1CCC[C@H]1C(=O)NCC(C)C. The molecular formula is C13H25N3O2. The van der Waals surface area contributed by atoms with Gasteiger partial charge in [0.25, 0.3) is 0 Å². The summed E-state index contributed by atoms with van der Waals surface area (Å²) in [7, 11) is 0. The molecule has 2 amide bonds. The van der Waals surface area contributed by atoms with E-state index >= 15 is 0 Å². The number of nitrogens with two attached hydrogens (primary N) is 1. The third-order valence-electron chi connectivity index (χ3n) is 3.28. The molecule has 1 aliphatic rings. The number of hydrogen-bond acceptors (Lipinski definition) is 3. The minimum atomic E-state index is -0.483. The van der Waals surface area contributed by atoms with E-state index in [-0.39, 0.29) is 17.9 Å². The minimum absolute atomic E-state index is 0.0437. The molecule has 0 spiro atoms. The highest BCUT2D eigenvalue weighted by Crippen LogP contribution is 2.18. The zero-order valence-electron chi connectivity index (χ0n) is 11.6. The molecule has 5 nitrogen and oxygen atoms in total. The number of amides is 2. The van der Waals surface area contributed by atoms with E-state index in [1.54, 1.807) is 4.90 Å². The smallest absolute Gasteiger partial charge is 0.242 e. The van der Waals surface area contributed by atoms with Crippen LogP contribution in [-0.2, 0) is 9.59 Å². The van der Waals surface area contributed by atoms with Gasteiger partial charge in [0.15, 0.2) is 0 Å². The first-order valence-electron chi connectivity index (χ1n) is 6.81. The molecule has 1 saturated heterocycles. The second-order valence-electron chi connectivity index (χ2n) is 5.34. The zero-order valence-corrected chi connectivity index (χ0v) is 11.6. The summed E-state index contributed by atoms with van der Waals surface area (Å²) in [5.74, 6) is 0.273. The van der Waals surface area contributed by atoms with Crippen molar-refractivity contribution in [1.82, 2.24) is 10.2 Å². The molecule has 0 aliphatic carbocycles. The van der Waals surface area contributed by atoms with Crippen LogP contribution >= 0.6 is 0 Å². The van der Waals surface area contributed by atoms with Gasteiger partial charge < -0.3 is 16.0 Å². The number of rotatable bonds is 5. The van der Waals surface area contributed by atoms with Crippen LogP contribution in [0.2, 0.25) is 0 Å². The van der Waals surface area contributed by atoms with Crippen LogP contribution in [-0.4, -0.2) is 41.9 Å². The predicted molar refractivity (Wildman–Crippen MR) is 70.8 cm³/mol. The van der Waals surface area contributed by atoms with E-state index in [0.717, 1.165) is 12.8 Å². The molecule has 1 unspecified atom stereocenters. The summed E-state index contributed by atoms with van der Waals surface area (Å²) >= 11 is 0. The standard InChI is InChI=1S/C13H25N3O2/c1-4-10(14)13(18)16-7-5-6-11(16)12(17)15-8-9(2)3/h9-11H,4-8,14H2,1-3H3,(H,15,17)/t10?,11-/m0/s1. The molecule has 1 aliphatic heterocycles. The molecule has 0 aromatic carbocycles. The Labute approximate surface area is 109 Å². The van der Waals surface area contributed by atoms with Crippen LogP contribution in [0.3, 0.4) is 0 Å². The van der Waals surface area contributed by atoms with Crippen LogP contribution in [0.5, 0.6) is 0 Å². The van der Waals surface area contributed by atoms with Crippen molar-refractivity contribution in [3.63, 3.8) is 0 Å². The summed E-state index contributed by atoms with van der Waals surface area (Å²) in [6.07, 6.45) is 2.23. The van der Waals surface area contributed by atoms with Gasteiger partial charge in [-0.25, -0.2) is 0 Å². The highest BCUT2D eigenvalue weighted by molar-refractivity contribution is 5.90. The van der Waals surface area contributed by atoms with Gasteiger partial charge in [0.05, 0.1) is 6.04 Å². The van der Waals surface area contributed by atoms with Crippen LogP contribution in [0.1, 0.15) is 40.0 Å². The number of carbonyl (C=O) groups is 2. The molecule has 0 aromatic rings. The zero-order chi connectivity index (χ0) is 13.7. The third-order valence-corrected chi connectivity index (χ3v) is 3.28. The molecular weight excluding hydrogens is 230 g/mol. The highest BCUT2D eigenvalue weighted by Gasteiger charge is 2.35. The largest absolute Gasteiger partial charge is 0.354 e. The van der Waals surface area contributed by atoms with Crippen LogP contribution in [0.15, 0.2) is 0 Å². The normalized spacial score (nSPS) is 21.2. The van der Waals surface area contributed by atoms with Crippen molar-refractivity contribution in [2.24, 2.45) is 11.7 Å². The lowest BCUT2D eigenvalue weighted by Gasteiger charge is -2.26. The van der Waals surface area contributed by atoms with Crippen LogP contribution in [0.4, 0.5) is 0 Å². The van der Waals surface area contributed by atoms with E-state index in [9.17, 15) is 9.59 Å². The number of carbonyl (C=O) groups excluding carboxylic acids is 2. The lowest BCUT2D eigenvalue weighted by molar-refractivity contribution is -0.139. The first kappa shape index (κ1) is 15.0. The van der Waals surface area contributed by atoms with Gasteiger partial charge in [0, 0.05) is 13.1 Å². The van der Waals surface area contributed by atoms with E-state index in [1.807, 2.05) is 20.8 Å². The Morgan fingerprint density at radius 2 is 2.11 bits per heavy atom. The van der Waals surface area contributed by atoms with Gasteiger partial charge in [-0.2, -0.15) is 0 Å². The second-order valence-corrected chi connectivity index (χ2v) is 5.34. The molecule has 1 rings (SSSR count). The summed E-state index contributed by atoms with van der Waals surface area (Å²) in [6.45, 7) is 7.27. The molecule has 0 saturated carbocycles. The van der Waals surface area contributed by atoms with Gasteiger partial charge in [0.1, 0.15) is 6.04 Å². The molecule has 2 atom stereocenters. The summed E-state index contributed by atoms with van der Waals surface area (Å²) in [4.78, 5) is 25.7. The molecule has 0 bridgehead atoms. The highest BCUT2D eigenvalue weighted by atomic mass is 16.2. The molecule has 0 aromatic heterocycles. The van der Waals surface area contributed by atoms with E-state index in [4.69, 9.17) is 5.73 Å². The Morgan fingerprint density at radius 3 is 2.67 bits per heavy atom. The van der Waals surface area contributed by atoms with Crippen molar-refractivity contribution in [2.75, 3.05) is 13.1 Å². The lowest BCUT2D eigenvalue weighted by Crippen LogP contribution is -2.51. The number of nitrogens with zero attached hydrogens (tertiary/aromatic N) is 1. The van der Waals surface area contributed by atoms with Crippen molar-refractivity contribution in [2.45, 2.75) is 52.1 Å². The lowest BCUT2D eigenvalue weighted by atomic mass is 10.1. The Hall–Kier alpha value is -1.10. The van der Waals surface area contributed by atoms with E-state index < -0.39 is 6.04 Å². The molecule has 104 valence electrons. The van der Waals surface area contributed by atoms with Gasteiger partial charge in [0.2, 0.25) is 11.8 Å². The summed E-state index contributed by atoms with van der Waals surface area (Å²) in [5.41, 5.74) is 5.76. The molecule has 1 heterocycles. The fourth-order valence-electron chi connectivity index (χ4n) is 2.11. The fraction of sp³-hybridized carbons (Fsp3) is 0.846. The number of likely N-dealkylation sites (tertiary alicyclic amines) is 1. The van der Waals surface area contributed by atoms with Crippen LogP contribution in [0, 0.1) is 5.92 Å². The minimum Gasteiger partial charge on any atom is -0.354 e. The Bertz CT molecular complexity index is 305. The van der Waals surface area contributed by atoms with E-state index in [2.05, 4.69) is 5.32 Å². The third kappa shape index (κ3) is 3.70. The average Bonchev–Trinajstić information content (AvgIpc) is 2.82.